The number of aromatic nitrogens is 4. The minimum absolute atomic E-state index is 0.00329. The van der Waals surface area contributed by atoms with Crippen LogP contribution in [0.1, 0.15) is 39.3 Å². The second kappa shape index (κ2) is 11.7. The van der Waals surface area contributed by atoms with E-state index in [0.29, 0.717) is 18.8 Å². The SMILES string of the molecule is C=CC(=O)N1C[C@H](C)N(c2nc(=O)n3c4nc(c(F)cc24)-c2c(F)cccc2OCCOc2c(Cl)cnc(C(C)C)c2-3)C[C@H]1C. The molecule has 45 heavy (non-hydrogen) atoms. The third-order valence-electron chi connectivity index (χ3n) is 8.08. The van der Waals surface area contributed by atoms with Gasteiger partial charge in [0.2, 0.25) is 5.91 Å². The number of fused-ring (bicyclic) bond motifs is 5. The number of carbonyl (C=O) groups excluding carboxylic acids is 1. The van der Waals surface area contributed by atoms with Crippen molar-refractivity contribution < 1.29 is 23.0 Å². The lowest BCUT2D eigenvalue weighted by atomic mass is 10.0. The maximum atomic E-state index is 16.2. The van der Waals surface area contributed by atoms with Gasteiger partial charge in [-0.25, -0.2) is 23.1 Å². The summed E-state index contributed by atoms with van der Waals surface area (Å²) in [5, 5.41) is 0.324. The molecule has 5 heterocycles. The number of carbonyl (C=O) groups is 1. The van der Waals surface area contributed by atoms with Crippen LogP contribution in [-0.2, 0) is 4.79 Å². The molecule has 2 atom stereocenters. The van der Waals surface area contributed by atoms with Crippen LogP contribution in [0.4, 0.5) is 14.6 Å². The fraction of sp³-hybridized carbons (Fsp3) is 0.344. The summed E-state index contributed by atoms with van der Waals surface area (Å²) < 4.78 is 44.7. The Hall–Kier alpha value is -4.58. The number of ether oxygens (including phenoxy) is 2. The van der Waals surface area contributed by atoms with Gasteiger partial charge < -0.3 is 19.3 Å². The minimum Gasteiger partial charge on any atom is -0.489 e. The van der Waals surface area contributed by atoms with Crippen LogP contribution in [0.5, 0.6) is 11.5 Å². The van der Waals surface area contributed by atoms with Crippen LogP contribution >= 0.6 is 11.6 Å². The van der Waals surface area contributed by atoms with Crippen molar-refractivity contribution in [3.05, 3.63) is 76.0 Å². The molecular formula is C32H31ClF2N6O4. The molecule has 2 aliphatic rings. The number of pyridine rings is 2. The average Bonchev–Trinajstić information content (AvgIpc) is 2.99. The van der Waals surface area contributed by atoms with Gasteiger partial charge in [0.1, 0.15) is 47.0 Å². The van der Waals surface area contributed by atoms with Gasteiger partial charge >= 0.3 is 5.69 Å². The van der Waals surface area contributed by atoms with E-state index in [0.717, 1.165) is 0 Å². The molecule has 1 fully saturated rings. The molecule has 0 radical (unpaired) electrons. The van der Waals surface area contributed by atoms with Gasteiger partial charge in [0.05, 0.1) is 16.6 Å². The average molecular weight is 637 g/mol. The number of hydrogen-bond acceptors (Lipinski definition) is 8. The first-order chi connectivity index (χ1) is 21.5. The van der Waals surface area contributed by atoms with Crippen LogP contribution in [0.3, 0.4) is 0 Å². The van der Waals surface area contributed by atoms with Crippen molar-refractivity contribution in [2.24, 2.45) is 0 Å². The first kappa shape index (κ1) is 30.4. The Kier molecular flexibility index (Phi) is 7.94. The number of halogens is 3. The minimum atomic E-state index is -0.839. The third-order valence-corrected chi connectivity index (χ3v) is 8.35. The Bertz CT molecular complexity index is 1920. The Morgan fingerprint density at radius 1 is 1.11 bits per heavy atom. The topological polar surface area (TPSA) is 103 Å². The molecule has 6 rings (SSSR count). The van der Waals surface area contributed by atoms with E-state index < -0.39 is 17.3 Å². The van der Waals surface area contributed by atoms with E-state index in [1.165, 1.54) is 41.1 Å². The highest BCUT2D eigenvalue weighted by Gasteiger charge is 2.35. The van der Waals surface area contributed by atoms with Crippen LogP contribution in [0.15, 0.2) is 47.9 Å². The zero-order valence-electron chi connectivity index (χ0n) is 25.2. The summed E-state index contributed by atoms with van der Waals surface area (Å²) in [5.74, 6) is -1.63. The molecule has 13 heteroatoms. The fourth-order valence-corrected chi connectivity index (χ4v) is 6.14. The van der Waals surface area contributed by atoms with E-state index in [2.05, 4.69) is 21.5 Å². The van der Waals surface area contributed by atoms with Gasteiger partial charge in [-0.1, -0.05) is 38.1 Å². The lowest BCUT2D eigenvalue weighted by Gasteiger charge is -2.44. The van der Waals surface area contributed by atoms with Gasteiger partial charge in [0.25, 0.3) is 0 Å². The summed E-state index contributed by atoms with van der Waals surface area (Å²) in [6.45, 7) is 11.7. The molecule has 10 nitrogen and oxygen atoms in total. The van der Waals surface area contributed by atoms with Crippen molar-refractivity contribution in [1.29, 1.82) is 0 Å². The van der Waals surface area contributed by atoms with E-state index in [4.69, 9.17) is 21.1 Å². The zero-order chi connectivity index (χ0) is 32.2. The molecule has 1 aromatic carbocycles. The molecule has 0 saturated carbocycles. The number of benzene rings is 1. The van der Waals surface area contributed by atoms with E-state index in [1.54, 1.807) is 4.90 Å². The van der Waals surface area contributed by atoms with E-state index in [-0.39, 0.29) is 87.4 Å². The van der Waals surface area contributed by atoms with E-state index in [9.17, 15) is 9.59 Å². The summed E-state index contributed by atoms with van der Waals surface area (Å²) in [6.07, 6.45) is 2.70. The number of rotatable bonds is 3. The quantitative estimate of drug-likeness (QED) is 0.280. The maximum Gasteiger partial charge on any atom is 0.356 e. The van der Waals surface area contributed by atoms with E-state index in [1.807, 2.05) is 32.6 Å². The number of anilines is 1. The molecule has 1 saturated heterocycles. The molecule has 0 spiro atoms. The Morgan fingerprint density at radius 3 is 2.60 bits per heavy atom. The standard InChI is InChI=1S/C32H31ClF2N6O4/c1-6-24(42)39-14-18(5)40(15-17(39)4)30-19-12-22(35)27-25-21(34)8-7-9-23(25)44-10-11-45-29-20(33)13-36-26(16(2)3)28(29)41(31(19)37-27)32(43)38-30/h6-9,12-13,16-18H,1,10-11,14-15H2,2-5H3/t17-,18+/m1/s1. The van der Waals surface area contributed by atoms with Crippen molar-refractivity contribution >= 4 is 34.4 Å². The summed E-state index contributed by atoms with van der Waals surface area (Å²) in [4.78, 5) is 43.9. The highest BCUT2D eigenvalue weighted by molar-refractivity contribution is 6.32. The van der Waals surface area contributed by atoms with Crippen molar-refractivity contribution in [3.8, 4) is 28.4 Å². The highest BCUT2D eigenvalue weighted by Crippen LogP contribution is 2.40. The third kappa shape index (κ3) is 5.16. The van der Waals surface area contributed by atoms with Crippen LogP contribution in [0.25, 0.3) is 28.0 Å². The first-order valence-electron chi connectivity index (χ1n) is 14.6. The summed E-state index contributed by atoms with van der Waals surface area (Å²) in [5.41, 5.74) is -0.618. The van der Waals surface area contributed by atoms with Crippen molar-refractivity contribution in [1.82, 2.24) is 24.4 Å². The van der Waals surface area contributed by atoms with Crippen molar-refractivity contribution in [2.45, 2.75) is 45.7 Å². The van der Waals surface area contributed by atoms with Crippen LogP contribution in [0, 0.1) is 11.6 Å². The molecule has 2 aliphatic heterocycles. The number of amides is 1. The molecule has 0 aliphatic carbocycles. The molecule has 2 bridgehead atoms. The largest absolute Gasteiger partial charge is 0.489 e. The molecule has 4 aromatic rings. The summed E-state index contributed by atoms with van der Waals surface area (Å²) in [7, 11) is 0. The number of piperazine rings is 1. The molecule has 234 valence electrons. The molecular weight excluding hydrogens is 606 g/mol. The van der Waals surface area contributed by atoms with Crippen LogP contribution < -0.4 is 20.1 Å². The van der Waals surface area contributed by atoms with Gasteiger partial charge in [-0.2, -0.15) is 4.98 Å². The second-order valence-corrected chi connectivity index (χ2v) is 11.8. The van der Waals surface area contributed by atoms with Crippen molar-refractivity contribution in [3.63, 3.8) is 0 Å². The van der Waals surface area contributed by atoms with Gasteiger partial charge in [-0.15, -0.1) is 0 Å². The molecule has 1 amide bonds. The lowest BCUT2D eigenvalue weighted by molar-refractivity contribution is -0.128. The Balaban J connectivity index is 1.71. The lowest BCUT2D eigenvalue weighted by Crippen LogP contribution is -2.58. The zero-order valence-corrected chi connectivity index (χ0v) is 25.9. The summed E-state index contributed by atoms with van der Waals surface area (Å²) >= 11 is 6.61. The van der Waals surface area contributed by atoms with Gasteiger partial charge in [-0.3, -0.25) is 9.78 Å². The highest BCUT2D eigenvalue weighted by atomic mass is 35.5. The predicted molar refractivity (Wildman–Crippen MR) is 167 cm³/mol. The molecule has 0 unspecified atom stereocenters. The Labute approximate surface area is 262 Å². The molecule has 3 aromatic heterocycles. The monoisotopic (exact) mass is 636 g/mol. The Morgan fingerprint density at radius 2 is 1.87 bits per heavy atom. The van der Waals surface area contributed by atoms with Crippen molar-refractivity contribution in [2.75, 3.05) is 31.2 Å². The van der Waals surface area contributed by atoms with Crippen LogP contribution in [0.2, 0.25) is 5.02 Å². The smallest absolute Gasteiger partial charge is 0.356 e. The van der Waals surface area contributed by atoms with E-state index >= 15 is 8.78 Å². The first-order valence-corrected chi connectivity index (χ1v) is 15.0. The van der Waals surface area contributed by atoms with Gasteiger partial charge in [0, 0.05) is 31.4 Å². The number of hydrogen-bond donors (Lipinski definition) is 0. The normalized spacial score (nSPS) is 18.0. The second-order valence-electron chi connectivity index (χ2n) is 11.4. The van der Waals surface area contributed by atoms with Gasteiger partial charge in [-0.05, 0) is 44.0 Å². The van der Waals surface area contributed by atoms with Gasteiger partial charge in [0.15, 0.2) is 17.2 Å². The maximum absolute atomic E-state index is 16.2. The number of nitrogens with zero attached hydrogens (tertiary/aromatic N) is 6. The summed E-state index contributed by atoms with van der Waals surface area (Å²) in [6, 6.07) is 4.75. The van der Waals surface area contributed by atoms with Crippen LogP contribution in [-0.4, -0.2) is 68.7 Å². The fourth-order valence-electron chi connectivity index (χ4n) is 5.95. The molecule has 0 N–H and O–H groups in total. The predicted octanol–water partition coefficient (Wildman–Crippen LogP) is 5.28.